The van der Waals surface area contributed by atoms with Crippen molar-refractivity contribution in [3.05, 3.63) is 76.8 Å². The van der Waals surface area contributed by atoms with Gasteiger partial charge in [0.05, 0.1) is 6.54 Å². The van der Waals surface area contributed by atoms with Gasteiger partial charge in [0.25, 0.3) is 0 Å². The van der Waals surface area contributed by atoms with Gasteiger partial charge in [0.15, 0.2) is 0 Å². The summed E-state index contributed by atoms with van der Waals surface area (Å²) in [5.41, 5.74) is 6.75. The first-order valence-corrected chi connectivity index (χ1v) is 14.4. The molecule has 1 atom stereocenters. The number of hydrogen-bond donors (Lipinski definition) is 3. The van der Waals surface area contributed by atoms with Gasteiger partial charge in [0.2, 0.25) is 23.5 Å². The van der Waals surface area contributed by atoms with E-state index in [1.807, 2.05) is 25.1 Å². The fourth-order valence-electron chi connectivity index (χ4n) is 5.52. The number of nitrogens with zero attached hydrogens (tertiary/aromatic N) is 3. The lowest BCUT2D eigenvalue weighted by Gasteiger charge is -2.28. The molecule has 1 aromatic heterocycles. The van der Waals surface area contributed by atoms with Crippen molar-refractivity contribution >= 4 is 40.2 Å². The number of furan rings is 1. The number of carbonyl (C=O) groups excluding carboxylic acids is 4. The molecule has 0 aliphatic carbocycles. The number of fused-ring (bicyclic) bond motifs is 1. The number of Topliss-reactive ketones (excluding diaryl/α,β-unsaturated/α-hetero) is 1. The average Bonchev–Trinajstić information content (AvgIpc) is 3.63. The predicted molar refractivity (Wildman–Crippen MR) is 160 cm³/mol. The zero-order chi connectivity index (χ0) is 30.5. The number of aryl methyl sites for hydroxylation is 1. The monoisotopic (exact) mass is 582 g/mol. The highest BCUT2D eigenvalue weighted by Gasteiger charge is 2.32. The van der Waals surface area contributed by atoms with Crippen LogP contribution in [0.25, 0.3) is 11.0 Å². The van der Waals surface area contributed by atoms with E-state index in [2.05, 4.69) is 10.6 Å². The molecule has 11 heteroatoms. The van der Waals surface area contributed by atoms with Gasteiger partial charge in [-0.3, -0.25) is 19.2 Å². The molecule has 0 bridgehead atoms. The number of anilines is 1. The van der Waals surface area contributed by atoms with Gasteiger partial charge < -0.3 is 30.6 Å². The molecule has 3 amide bonds. The van der Waals surface area contributed by atoms with E-state index in [-0.39, 0.29) is 40.9 Å². The van der Waals surface area contributed by atoms with Gasteiger partial charge in [-0.2, -0.15) is 5.26 Å². The number of nitriles is 1. The molecule has 3 heterocycles. The molecule has 2 saturated heterocycles. The molecule has 0 radical (unpaired) electrons. The molecule has 222 valence electrons. The number of hydrogen-bond acceptors (Lipinski definition) is 8. The van der Waals surface area contributed by atoms with Crippen molar-refractivity contribution in [2.45, 2.75) is 45.1 Å². The number of primary amides is 1. The summed E-state index contributed by atoms with van der Waals surface area (Å²) in [5, 5.41) is 17.4. The van der Waals surface area contributed by atoms with Crippen LogP contribution in [0.15, 0.2) is 64.3 Å². The van der Waals surface area contributed by atoms with E-state index >= 15 is 0 Å². The zero-order valence-corrected chi connectivity index (χ0v) is 24.0. The second-order valence-electron chi connectivity index (χ2n) is 10.9. The Balaban J connectivity index is 1.47. The van der Waals surface area contributed by atoms with E-state index in [0.717, 1.165) is 36.8 Å². The highest BCUT2D eigenvalue weighted by molar-refractivity contribution is 6.12. The number of ketones is 1. The van der Waals surface area contributed by atoms with Crippen molar-refractivity contribution in [1.82, 2.24) is 15.1 Å². The molecule has 2 aromatic carbocycles. The summed E-state index contributed by atoms with van der Waals surface area (Å²) in [4.78, 5) is 55.1. The van der Waals surface area contributed by atoms with E-state index in [4.69, 9.17) is 10.2 Å². The highest BCUT2D eigenvalue weighted by Crippen LogP contribution is 2.25. The lowest BCUT2D eigenvalue weighted by Crippen LogP contribution is -2.49. The molecule has 11 nitrogen and oxygen atoms in total. The highest BCUT2D eigenvalue weighted by atomic mass is 16.3. The van der Waals surface area contributed by atoms with Gasteiger partial charge in [0, 0.05) is 41.8 Å². The first kappa shape index (κ1) is 29.4. The Morgan fingerprint density at radius 3 is 2.40 bits per heavy atom. The number of nitrogens with one attached hydrogen (secondary N) is 2. The summed E-state index contributed by atoms with van der Waals surface area (Å²) in [7, 11) is 0. The molecule has 2 aliphatic heterocycles. The standard InChI is InChI=1S/C32H34N6O5/c1-20-16-23-17-24(11-12-27(23)43-20)35-31(25(18-33)29(40)21-7-9-22(10-8-21)30(34)41)36-26-6-2-3-15-38(32(26)42)19-28(39)37-13-4-5-14-37/h7-12,16-17,26,35-36H,2-6,13-15,19H2,1H3,(H2,34,41)/b31-25+/t26-/m0/s1. The van der Waals surface area contributed by atoms with Gasteiger partial charge in [-0.05, 0) is 75.4 Å². The quantitative estimate of drug-likeness (QED) is 0.196. The molecule has 0 saturated carbocycles. The maximum Gasteiger partial charge on any atom is 0.248 e. The molecule has 3 aromatic rings. The Morgan fingerprint density at radius 2 is 1.70 bits per heavy atom. The number of allylic oxidation sites excluding steroid dienone is 1. The van der Waals surface area contributed by atoms with Gasteiger partial charge in [-0.25, -0.2) is 0 Å². The SMILES string of the molecule is Cc1cc2cc(N/C(N[C@H]3CCCCN(CC(=O)N4CCCC4)C3=O)=C(/C#N)C(=O)c3ccc(C(N)=O)cc3)ccc2o1. The Hall–Kier alpha value is -5.11. The van der Waals surface area contributed by atoms with Crippen LogP contribution >= 0.6 is 0 Å². The number of nitrogens with two attached hydrogens (primary N) is 1. The van der Waals surface area contributed by atoms with E-state index in [1.165, 1.54) is 24.3 Å². The Bertz CT molecular complexity index is 1630. The first-order chi connectivity index (χ1) is 20.7. The van der Waals surface area contributed by atoms with Crippen LogP contribution in [0.3, 0.4) is 0 Å². The fourth-order valence-corrected chi connectivity index (χ4v) is 5.52. The summed E-state index contributed by atoms with van der Waals surface area (Å²) in [6.45, 7) is 3.70. The van der Waals surface area contributed by atoms with Crippen LogP contribution in [0.4, 0.5) is 5.69 Å². The van der Waals surface area contributed by atoms with Crippen molar-refractivity contribution in [1.29, 1.82) is 5.26 Å². The molecular formula is C32H34N6O5. The van der Waals surface area contributed by atoms with E-state index in [9.17, 15) is 24.4 Å². The normalized spacial score (nSPS) is 17.7. The molecule has 4 N–H and O–H groups in total. The maximum absolute atomic E-state index is 13.7. The lowest BCUT2D eigenvalue weighted by molar-refractivity contribution is -0.140. The topological polar surface area (TPSA) is 162 Å². The van der Waals surface area contributed by atoms with Gasteiger partial charge >= 0.3 is 0 Å². The van der Waals surface area contributed by atoms with E-state index in [1.54, 1.807) is 21.9 Å². The van der Waals surface area contributed by atoms with Crippen molar-refractivity contribution in [2.75, 3.05) is 31.5 Å². The molecule has 5 rings (SSSR count). The number of amides is 3. The molecular weight excluding hydrogens is 548 g/mol. The second-order valence-corrected chi connectivity index (χ2v) is 10.9. The minimum absolute atomic E-state index is 0.00372. The van der Waals surface area contributed by atoms with E-state index < -0.39 is 17.7 Å². The molecule has 43 heavy (non-hydrogen) atoms. The van der Waals surface area contributed by atoms with Gasteiger partial charge in [-0.15, -0.1) is 0 Å². The largest absolute Gasteiger partial charge is 0.461 e. The Kier molecular flexibility index (Phi) is 8.76. The molecule has 2 aliphatic rings. The van der Waals surface area contributed by atoms with Crippen LogP contribution in [0.5, 0.6) is 0 Å². The minimum Gasteiger partial charge on any atom is -0.461 e. The van der Waals surface area contributed by atoms with Crippen molar-refractivity contribution in [2.24, 2.45) is 5.73 Å². The fraction of sp³-hybridized carbons (Fsp3) is 0.344. The van der Waals surface area contributed by atoms with Gasteiger partial charge in [0.1, 0.15) is 34.8 Å². The smallest absolute Gasteiger partial charge is 0.248 e. The van der Waals surface area contributed by atoms with Crippen LogP contribution in [0, 0.1) is 18.3 Å². The van der Waals surface area contributed by atoms with Gasteiger partial charge in [-0.1, -0.05) is 12.1 Å². The van der Waals surface area contributed by atoms with Crippen LogP contribution in [-0.2, 0) is 9.59 Å². The molecule has 0 unspecified atom stereocenters. The summed E-state index contributed by atoms with van der Waals surface area (Å²) in [6.07, 6.45) is 3.83. The predicted octanol–water partition coefficient (Wildman–Crippen LogP) is 3.46. The minimum atomic E-state index is -0.773. The third-order valence-electron chi connectivity index (χ3n) is 7.81. The van der Waals surface area contributed by atoms with Crippen LogP contribution in [-0.4, -0.2) is 65.5 Å². The van der Waals surface area contributed by atoms with Crippen molar-refractivity contribution in [3.8, 4) is 6.07 Å². The van der Waals surface area contributed by atoms with E-state index in [0.29, 0.717) is 37.3 Å². The third kappa shape index (κ3) is 6.70. The number of likely N-dealkylation sites (tertiary alicyclic amines) is 2. The second kappa shape index (κ2) is 12.8. The first-order valence-electron chi connectivity index (χ1n) is 14.4. The summed E-state index contributed by atoms with van der Waals surface area (Å²) in [6, 6.07) is 14.2. The third-order valence-corrected chi connectivity index (χ3v) is 7.81. The molecule has 0 spiro atoms. The summed E-state index contributed by atoms with van der Waals surface area (Å²) >= 11 is 0. The van der Waals surface area contributed by atoms with Crippen LogP contribution < -0.4 is 16.4 Å². The average molecular weight is 583 g/mol. The van der Waals surface area contributed by atoms with Crippen LogP contribution in [0.2, 0.25) is 0 Å². The Morgan fingerprint density at radius 1 is 1.00 bits per heavy atom. The number of benzene rings is 2. The number of carbonyl (C=O) groups is 4. The van der Waals surface area contributed by atoms with Crippen molar-refractivity contribution < 1.29 is 23.6 Å². The molecule has 2 fully saturated rings. The summed E-state index contributed by atoms with van der Waals surface area (Å²) < 4.78 is 5.67. The summed E-state index contributed by atoms with van der Waals surface area (Å²) in [5.74, 6) is -0.769. The number of rotatable bonds is 9. The van der Waals surface area contributed by atoms with Crippen molar-refractivity contribution in [3.63, 3.8) is 0 Å². The Labute approximate surface area is 249 Å². The lowest BCUT2D eigenvalue weighted by atomic mass is 10.0. The zero-order valence-electron chi connectivity index (χ0n) is 24.0. The maximum atomic E-state index is 13.7. The van der Waals surface area contributed by atoms with Crippen LogP contribution in [0.1, 0.15) is 58.6 Å².